The van der Waals surface area contributed by atoms with Gasteiger partial charge < -0.3 is 15.1 Å². The van der Waals surface area contributed by atoms with E-state index in [9.17, 15) is 10.2 Å². The van der Waals surface area contributed by atoms with Crippen molar-refractivity contribution in [3.8, 4) is 0 Å². The van der Waals surface area contributed by atoms with Gasteiger partial charge in [0.25, 0.3) is 0 Å². The monoisotopic (exact) mass is 289 g/mol. The third-order valence-electron chi connectivity index (χ3n) is 3.06. The minimum absolute atomic E-state index is 0.384. The summed E-state index contributed by atoms with van der Waals surface area (Å²) in [6.07, 6.45) is -0.442. The number of hydrogen-bond acceptors (Lipinski definition) is 4. The highest BCUT2D eigenvalue weighted by Crippen LogP contribution is 2.33. The molecule has 5 nitrogen and oxygen atoms in total. The molecule has 0 aliphatic carbocycles. The molecular weight excluding hydrogens is 266 g/mol. The highest BCUT2D eigenvalue weighted by molar-refractivity contribution is 6.31. The van der Waals surface area contributed by atoms with Crippen molar-refractivity contribution in [3.05, 3.63) is 16.9 Å². The molecule has 6 heteroatoms. The van der Waals surface area contributed by atoms with Gasteiger partial charge in [-0.2, -0.15) is 5.10 Å². The third-order valence-corrected chi connectivity index (χ3v) is 3.35. The van der Waals surface area contributed by atoms with E-state index in [2.05, 4.69) is 5.10 Å². The SMILES string of the molecule is CN(C)CCn1ncc(Cl)c1C(O)C(O)C(C)(C)C. The Balaban J connectivity index is 2.95. The molecule has 0 spiro atoms. The first-order valence-corrected chi connectivity index (χ1v) is 6.74. The average Bonchev–Trinajstić information content (AvgIpc) is 2.64. The van der Waals surface area contributed by atoms with Crippen molar-refractivity contribution in [2.45, 2.75) is 39.5 Å². The maximum atomic E-state index is 10.3. The van der Waals surface area contributed by atoms with E-state index in [-0.39, 0.29) is 0 Å². The van der Waals surface area contributed by atoms with Gasteiger partial charge in [0, 0.05) is 6.54 Å². The van der Waals surface area contributed by atoms with E-state index in [1.165, 1.54) is 6.20 Å². The van der Waals surface area contributed by atoms with Crippen LogP contribution in [0, 0.1) is 5.41 Å². The van der Waals surface area contributed by atoms with Crippen molar-refractivity contribution in [3.63, 3.8) is 0 Å². The molecule has 1 rings (SSSR count). The van der Waals surface area contributed by atoms with Crippen LogP contribution >= 0.6 is 11.6 Å². The molecule has 0 bridgehead atoms. The van der Waals surface area contributed by atoms with Crippen LogP contribution < -0.4 is 0 Å². The van der Waals surface area contributed by atoms with Gasteiger partial charge in [-0.1, -0.05) is 32.4 Å². The molecular formula is C13H24ClN3O2. The van der Waals surface area contributed by atoms with E-state index < -0.39 is 17.6 Å². The first kappa shape index (κ1) is 16.4. The molecule has 2 N–H and O–H groups in total. The van der Waals surface area contributed by atoms with Gasteiger partial charge >= 0.3 is 0 Å². The molecule has 0 fully saturated rings. The standard InChI is InChI=1S/C13H24ClN3O2/c1-13(2,3)12(19)11(18)10-9(14)8-15-17(10)7-6-16(4)5/h8,11-12,18-19H,6-7H2,1-5H3. The van der Waals surface area contributed by atoms with E-state index in [4.69, 9.17) is 11.6 Å². The molecule has 1 aromatic heterocycles. The number of aliphatic hydroxyl groups excluding tert-OH is 2. The van der Waals surface area contributed by atoms with E-state index in [0.717, 1.165) is 6.54 Å². The second-order valence-electron chi connectivity index (χ2n) is 6.16. The van der Waals surface area contributed by atoms with Crippen molar-refractivity contribution in [2.24, 2.45) is 5.41 Å². The minimum atomic E-state index is -1.04. The summed E-state index contributed by atoms with van der Waals surface area (Å²) in [5, 5.41) is 25.1. The van der Waals surface area contributed by atoms with Crippen LogP contribution in [0.25, 0.3) is 0 Å². The van der Waals surface area contributed by atoms with Crippen LogP contribution in [0.15, 0.2) is 6.20 Å². The summed E-state index contributed by atoms with van der Waals surface area (Å²) in [6, 6.07) is 0. The van der Waals surface area contributed by atoms with Crippen LogP contribution in [0.1, 0.15) is 32.6 Å². The summed E-state index contributed by atoms with van der Waals surface area (Å²) in [5.41, 5.74) is 0.0466. The second kappa shape index (κ2) is 6.22. The summed E-state index contributed by atoms with van der Waals surface area (Å²) >= 11 is 6.08. The zero-order chi connectivity index (χ0) is 14.8. The zero-order valence-corrected chi connectivity index (χ0v) is 13.0. The molecule has 0 saturated heterocycles. The quantitative estimate of drug-likeness (QED) is 0.863. The Labute approximate surface area is 119 Å². The molecule has 0 radical (unpaired) electrons. The van der Waals surface area contributed by atoms with Gasteiger partial charge in [-0.3, -0.25) is 4.68 Å². The van der Waals surface area contributed by atoms with E-state index in [1.807, 2.05) is 39.8 Å². The fourth-order valence-corrected chi connectivity index (χ4v) is 2.02. The molecule has 1 heterocycles. The molecule has 2 unspecified atom stereocenters. The van der Waals surface area contributed by atoms with Crippen LogP contribution in [0.4, 0.5) is 0 Å². The summed E-state index contributed by atoms with van der Waals surface area (Å²) in [5.74, 6) is 0. The predicted octanol–water partition coefficient (Wildman–Crippen LogP) is 1.54. The molecule has 0 saturated carbocycles. The molecule has 19 heavy (non-hydrogen) atoms. The highest BCUT2D eigenvalue weighted by atomic mass is 35.5. The number of aliphatic hydroxyl groups is 2. The van der Waals surface area contributed by atoms with E-state index in [0.29, 0.717) is 17.3 Å². The van der Waals surface area contributed by atoms with E-state index in [1.54, 1.807) is 4.68 Å². The van der Waals surface area contributed by atoms with Crippen molar-refractivity contribution < 1.29 is 10.2 Å². The number of hydrogen-bond donors (Lipinski definition) is 2. The van der Waals surface area contributed by atoms with Crippen LogP contribution in [-0.4, -0.2) is 51.6 Å². The smallest absolute Gasteiger partial charge is 0.123 e. The van der Waals surface area contributed by atoms with Gasteiger partial charge in [0.05, 0.1) is 29.6 Å². The fourth-order valence-electron chi connectivity index (χ4n) is 1.76. The Bertz CT molecular complexity index is 413. The molecule has 1 aromatic rings. The Morgan fingerprint density at radius 1 is 1.37 bits per heavy atom. The fraction of sp³-hybridized carbons (Fsp3) is 0.769. The van der Waals surface area contributed by atoms with Gasteiger partial charge in [0.15, 0.2) is 0 Å². The molecule has 0 amide bonds. The lowest BCUT2D eigenvalue weighted by Crippen LogP contribution is -2.34. The molecule has 110 valence electrons. The first-order valence-electron chi connectivity index (χ1n) is 6.36. The van der Waals surface area contributed by atoms with Crippen LogP contribution in [-0.2, 0) is 6.54 Å². The van der Waals surface area contributed by atoms with Gasteiger partial charge in [-0.25, -0.2) is 0 Å². The number of rotatable bonds is 5. The van der Waals surface area contributed by atoms with Crippen LogP contribution in [0.2, 0.25) is 5.02 Å². The van der Waals surface area contributed by atoms with Gasteiger partial charge in [-0.15, -0.1) is 0 Å². The van der Waals surface area contributed by atoms with Crippen molar-refractivity contribution in [1.82, 2.24) is 14.7 Å². The lowest BCUT2D eigenvalue weighted by atomic mass is 9.85. The van der Waals surface area contributed by atoms with Crippen LogP contribution in [0.5, 0.6) is 0 Å². The maximum absolute atomic E-state index is 10.3. The van der Waals surface area contributed by atoms with Gasteiger partial charge in [0.2, 0.25) is 0 Å². The van der Waals surface area contributed by atoms with E-state index >= 15 is 0 Å². The Morgan fingerprint density at radius 2 is 1.95 bits per heavy atom. The Morgan fingerprint density at radius 3 is 2.42 bits per heavy atom. The number of aromatic nitrogens is 2. The number of halogens is 1. The normalized spacial score (nSPS) is 15.8. The topological polar surface area (TPSA) is 61.5 Å². The summed E-state index contributed by atoms with van der Waals surface area (Å²) in [7, 11) is 3.93. The Kier molecular flexibility index (Phi) is 5.38. The molecule has 2 atom stereocenters. The molecule has 0 aromatic carbocycles. The Hall–Kier alpha value is -0.620. The lowest BCUT2D eigenvalue weighted by Gasteiger charge is -2.30. The maximum Gasteiger partial charge on any atom is 0.123 e. The summed E-state index contributed by atoms with van der Waals surface area (Å²) in [6.45, 7) is 7.01. The third kappa shape index (κ3) is 4.18. The highest BCUT2D eigenvalue weighted by Gasteiger charge is 2.33. The minimum Gasteiger partial charge on any atom is -0.389 e. The van der Waals surface area contributed by atoms with Gasteiger partial charge in [0.1, 0.15) is 6.10 Å². The predicted molar refractivity (Wildman–Crippen MR) is 76.2 cm³/mol. The first-order chi connectivity index (χ1) is 8.64. The summed E-state index contributed by atoms with van der Waals surface area (Å²) in [4.78, 5) is 2.02. The number of nitrogens with zero attached hydrogens (tertiary/aromatic N) is 3. The number of likely N-dealkylation sites (N-methyl/N-ethyl adjacent to an activating group) is 1. The zero-order valence-electron chi connectivity index (χ0n) is 12.3. The molecule has 0 aliphatic heterocycles. The lowest BCUT2D eigenvalue weighted by molar-refractivity contribution is -0.0496. The largest absolute Gasteiger partial charge is 0.389 e. The van der Waals surface area contributed by atoms with Crippen molar-refractivity contribution in [1.29, 1.82) is 0 Å². The van der Waals surface area contributed by atoms with Crippen molar-refractivity contribution in [2.75, 3.05) is 20.6 Å². The average molecular weight is 290 g/mol. The second-order valence-corrected chi connectivity index (χ2v) is 6.57. The molecule has 0 aliphatic rings. The van der Waals surface area contributed by atoms with Crippen LogP contribution in [0.3, 0.4) is 0 Å². The van der Waals surface area contributed by atoms with Gasteiger partial charge in [-0.05, 0) is 19.5 Å². The summed E-state index contributed by atoms with van der Waals surface area (Å²) < 4.78 is 1.65. The van der Waals surface area contributed by atoms with Crippen molar-refractivity contribution >= 4 is 11.6 Å².